The summed E-state index contributed by atoms with van der Waals surface area (Å²) in [6.07, 6.45) is 2.47. The monoisotopic (exact) mass is 300 g/mol. The van der Waals surface area contributed by atoms with Crippen LogP contribution in [0.3, 0.4) is 0 Å². The molecule has 0 fully saturated rings. The Balaban J connectivity index is 2.46. The molecule has 0 radical (unpaired) electrons. The maximum absolute atomic E-state index is 11.7. The van der Waals surface area contributed by atoms with Gasteiger partial charge in [0.25, 0.3) is 0 Å². The molecule has 0 aliphatic rings. The quantitative estimate of drug-likeness (QED) is 0.652. The minimum Gasteiger partial charge on any atom is -0.385 e. The summed E-state index contributed by atoms with van der Waals surface area (Å²) in [4.78, 5) is 0. The Bertz CT molecular complexity index is 472. The average molecular weight is 300 g/mol. The summed E-state index contributed by atoms with van der Waals surface area (Å²) in [7, 11) is -1.54. The minimum absolute atomic E-state index is 0.167. The lowest BCUT2D eigenvalue weighted by Gasteiger charge is -2.09. The Hall–Kier alpha value is -1.27. The number of rotatable bonds is 10. The average Bonchev–Trinajstić information content (AvgIpc) is 2.43. The second-order valence-corrected chi connectivity index (χ2v) is 6.47. The van der Waals surface area contributed by atoms with Gasteiger partial charge in [0, 0.05) is 31.6 Å². The zero-order chi connectivity index (χ0) is 14.8. The molecule has 20 heavy (non-hydrogen) atoms. The molecule has 0 bridgehead atoms. The van der Waals surface area contributed by atoms with Crippen LogP contribution in [0.25, 0.3) is 0 Å². The number of unbranched alkanes of at least 4 members (excludes halogenated alkanes) is 1. The predicted molar refractivity (Wildman–Crippen MR) is 83.7 cm³/mol. The van der Waals surface area contributed by atoms with E-state index in [-0.39, 0.29) is 5.75 Å². The minimum atomic E-state index is -3.22. The lowest BCUT2D eigenvalue weighted by molar-refractivity contribution is 0.198. The maximum atomic E-state index is 11.7. The number of ether oxygens (including phenoxy) is 1. The van der Waals surface area contributed by atoms with Crippen LogP contribution in [0.15, 0.2) is 24.3 Å². The number of hydrogen-bond donors (Lipinski definition) is 2. The van der Waals surface area contributed by atoms with E-state index in [1.165, 1.54) is 0 Å². The SMILES string of the molecule is CCCCS(=O)(=O)Nc1ccc(NCCCOC)cc1. The molecule has 1 aromatic rings. The second-order valence-electron chi connectivity index (χ2n) is 4.62. The van der Waals surface area contributed by atoms with E-state index in [1.54, 1.807) is 19.2 Å². The molecule has 0 spiro atoms. The van der Waals surface area contributed by atoms with Crippen molar-refractivity contribution >= 4 is 21.4 Å². The lowest BCUT2D eigenvalue weighted by atomic mass is 10.3. The van der Waals surface area contributed by atoms with Crippen LogP contribution < -0.4 is 10.0 Å². The largest absolute Gasteiger partial charge is 0.385 e. The van der Waals surface area contributed by atoms with Crippen LogP contribution in [0.1, 0.15) is 26.2 Å². The van der Waals surface area contributed by atoms with Gasteiger partial charge in [-0.15, -0.1) is 0 Å². The van der Waals surface area contributed by atoms with Crippen molar-refractivity contribution in [2.75, 3.05) is 36.1 Å². The van der Waals surface area contributed by atoms with E-state index in [4.69, 9.17) is 4.74 Å². The Morgan fingerprint density at radius 1 is 1.10 bits per heavy atom. The van der Waals surface area contributed by atoms with Gasteiger partial charge in [-0.1, -0.05) is 13.3 Å². The van der Waals surface area contributed by atoms with Gasteiger partial charge >= 0.3 is 0 Å². The Labute approximate surface area is 121 Å². The van der Waals surface area contributed by atoms with E-state index in [2.05, 4.69) is 10.0 Å². The van der Waals surface area contributed by atoms with Crippen molar-refractivity contribution in [3.8, 4) is 0 Å². The fraction of sp³-hybridized carbons (Fsp3) is 0.571. The molecule has 6 heteroatoms. The number of nitrogens with one attached hydrogen (secondary N) is 2. The van der Waals surface area contributed by atoms with E-state index in [9.17, 15) is 8.42 Å². The molecule has 0 saturated heterocycles. The van der Waals surface area contributed by atoms with Crippen LogP contribution in [0.5, 0.6) is 0 Å². The third kappa shape index (κ3) is 6.77. The highest BCUT2D eigenvalue weighted by atomic mass is 32.2. The predicted octanol–water partition coefficient (Wildman–Crippen LogP) is 2.68. The van der Waals surface area contributed by atoms with Crippen LogP contribution in [-0.2, 0) is 14.8 Å². The van der Waals surface area contributed by atoms with E-state index >= 15 is 0 Å². The van der Waals surface area contributed by atoms with Crippen molar-refractivity contribution in [2.45, 2.75) is 26.2 Å². The van der Waals surface area contributed by atoms with Crippen LogP contribution in [-0.4, -0.2) is 34.4 Å². The lowest BCUT2D eigenvalue weighted by Crippen LogP contribution is -2.16. The van der Waals surface area contributed by atoms with Gasteiger partial charge < -0.3 is 10.1 Å². The highest BCUT2D eigenvalue weighted by Gasteiger charge is 2.09. The molecule has 1 aromatic carbocycles. The molecule has 0 amide bonds. The van der Waals surface area contributed by atoms with Crippen molar-refractivity contribution in [1.29, 1.82) is 0 Å². The van der Waals surface area contributed by atoms with Crippen LogP contribution in [0, 0.1) is 0 Å². The summed E-state index contributed by atoms with van der Waals surface area (Å²) in [5, 5.41) is 3.25. The molecule has 0 saturated carbocycles. The molecule has 2 N–H and O–H groups in total. The molecule has 0 atom stereocenters. The third-order valence-electron chi connectivity index (χ3n) is 2.78. The number of benzene rings is 1. The number of hydrogen-bond acceptors (Lipinski definition) is 4. The van der Waals surface area contributed by atoms with Gasteiger partial charge in [-0.25, -0.2) is 8.42 Å². The van der Waals surface area contributed by atoms with Crippen LogP contribution >= 0.6 is 0 Å². The summed E-state index contributed by atoms with van der Waals surface area (Å²) in [5.41, 5.74) is 1.57. The molecule has 0 aliphatic heterocycles. The molecule has 5 nitrogen and oxygen atoms in total. The molecule has 0 aromatic heterocycles. The number of anilines is 2. The van der Waals surface area contributed by atoms with Gasteiger partial charge in [-0.2, -0.15) is 0 Å². The highest BCUT2D eigenvalue weighted by molar-refractivity contribution is 7.92. The van der Waals surface area contributed by atoms with Gasteiger partial charge in [0.1, 0.15) is 0 Å². The first kappa shape index (κ1) is 16.8. The third-order valence-corrected chi connectivity index (χ3v) is 4.15. The van der Waals surface area contributed by atoms with Gasteiger partial charge in [0.2, 0.25) is 10.0 Å². The van der Waals surface area contributed by atoms with E-state index in [1.807, 2.05) is 19.1 Å². The fourth-order valence-electron chi connectivity index (χ4n) is 1.67. The Kier molecular flexibility index (Phi) is 7.40. The smallest absolute Gasteiger partial charge is 0.232 e. The second kappa shape index (κ2) is 8.81. The van der Waals surface area contributed by atoms with E-state index in [0.717, 1.165) is 31.7 Å². The van der Waals surface area contributed by atoms with E-state index < -0.39 is 10.0 Å². The molecular weight excluding hydrogens is 276 g/mol. The van der Waals surface area contributed by atoms with Gasteiger partial charge in [-0.05, 0) is 37.1 Å². The standard InChI is InChI=1S/C14H24N2O3S/c1-3-4-12-20(17,18)16-14-8-6-13(7-9-14)15-10-5-11-19-2/h6-9,15-16H,3-5,10-12H2,1-2H3. The van der Waals surface area contributed by atoms with Gasteiger partial charge in [0.15, 0.2) is 0 Å². The summed E-state index contributed by atoms with van der Waals surface area (Å²) in [6.45, 7) is 3.53. The molecule has 0 unspecified atom stereocenters. The highest BCUT2D eigenvalue weighted by Crippen LogP contribution is 2.15. The molecular formula is C14H24N2O3S. The molecule has 0 aliphatic carbocycles. The summed E-state index contributed by atoms with van der Waals surface area (Å²) in [5.74, 6) is 0.167. The summed E-state index contributed by atoms with van der Waals surface area (Å²) >= 11 is 0. The zero-order valence-electron chi connectivity index (χ0n) is 12.2. The normalized spacial score (nSPS) is 11.3. The molecule has 114 valence electrons. The zero-order valence-corrected chi connectivity index (χ0v) is 13.0. The van der Waals surface area contributed by atoms with E-state index in [0.29, 0.717) is 12.1 Å². The topological polar surface area (TPSA) is 67.4 Å². The number of methoxy groups -OCH3 is 1. The first-order valence-corrected chi connectivity index (χ1v) is 8.56. The van der Waals surface area contributed by atoms with Crippen molar-refractivity contribution in [3.63, 3.8) is 0 Å². The van der Waals surface area contributed by atoms with Crippen molar-refractivity contribution in [3.05, 3.63) is 24.3 Å². The van der Waals surface area contributed by atoms with Gasteiger partial charge in [-0.3, -0.25) is 4.72 Å². The Morgan fingerprint density at radius 3 is 2.35 bits per heavy atom. The summed E-state index contributed by atoms with van der Waals surface area (Å²) < 4.78 is 31.0. The fourth-order valence-corrected chi connectivity index (χ4v) is 2.94. The van der Waals surface area contributed by atoms with Crippen molar-refractivity contribution in [2.24, 2.45) is 0 Å². The van der Waals surface area contributed by atoms with Crippen molar-refractivity contribution in [1.82, 2.24) is 0 Å². The first-order valence-electron chi connectivity index (χ1n) is 6.91. The van der Waals surface area contributed by atoms with Crippen LogP contribution in [0.4, 0.5) is 11.4 Å². The van der Waals surface area contributed by atoms with Crippen LogP contribution in [0.2, 0.25) is 0 Å². The number of sulfonamides is 1. The molecule has 1 rings (SSSR count). The molecule has 0 heterocycles. The Morgan fingerprint density at radius 2 is 1.75 bits per heavy atom. The first-order chi connectivity index (χ1) is 9.57. The van der Waals surface area contributed by atoms with Crippen molar-refractivity contribution < 1.29 is 13.2 Å². The summed E-state index contributed by atoms with van der Waals surface area (Å²) in [6, 6.07) is 7.26. The van der Waals surface area contributed by atoms with Gasteiger partial charge in [0.05, 0.1) is 5.75 Å². The maximum Gasteiger partial charge on any atom is 0.232 e.